The van der Waals surface area contributed by atoms with Crippen molar-refractivity contribution in [2.24, 2.45) is 0 Å². The van der Waals surface area contributed by atoms with E-state index in [0.29, 0.717) is 5.92 Å². The van der Waals surface area contributed by atoms with Gasteiger partial charge in [-0.1, -0.05) is 6.07 Å². The number of benzene rings is 1. The molecule has 0 saturated carbocycles. The van der Waals surface area contributed by atoms with Gasteiger partial charge < -0.3 is 10.2 Å². The predicted octanol–water partition coefficient (Wildman–Crippen LogP) is 2.32. The summed E-state index contributed by atoms with van der Waals surface area (Å²) < 4.78 is 0. The molecule has 13 heavy (non-hydrogen) atoms. The summed E-state index contributed by atoms with van der Waals surface area (Å²) in [5.74, 6) is 3.08. The zero-order chi connectivity index (χ0) is 9.26. The van der Waals surface area contributed by atoms with Crippen molar-refractivity contribution in [2.75, 3.05) is 11.5 Å². The van der Waals surface area contributed by atoms with Gasteiger partial charge in [0.2, 0.25) is 0 Å². The van der Waals surface area contributed by atoms with Crippen LogP contribution < -0.4 is 0 Å². The van der Waals surface area contributed by atoms with Gasteiger partial charge in [0.05, 0.1) is 0 Å². The van der Waals surface area contributed by atoms with E-state index in [1.807, 2.05) is 17.8 Å². The first-order valence-corrected chi connectivity index (χ1v) is 5.52. The van der Waals surface area contributed by atoms with E-state index in [1.165, 1.54) is 11.8 Å². The van der Waals surface area contributed by atoms with Gasteiger partial charge in [-0.3, -0.25) is 0 Å². The molecule has 0 unspecified atom stereocenters. The first kappa shape index (κ1) is 8.75. The van der Waals surface area contributed by atoms with Crippen LogP contribution in [0.1, 0.15) is 17.9 Å². The quantitative estimate of drug-likeness (QED) is 0.724. The van der Waals surface area contributed by atoms with Crippen molar-refractivity contribution < 1.29 is 10.2 Å². The lowest BCUT2D eigenvalue weighted by atomic mass is 9.98. The number of phenols is 2. The Hall–Kier alpha value is -0.830. The zero-order valence-electron chi connectivity index (χ0n) is 7.23. The van der Waals surface area contributed by atoms with Crippen LogP contribution in [0.3, 0.4) is 0 Å². The topological polar surface area (TPSA) is 40.5 Å². The smallest absolute Gasteiger partial charge is 0.122 e. The average molecular weight is 196 g/mol. The Bertz CT molecular complexity index is 306. The first-order chi connectivity index (χ1) is 6.27. The largest absolute Gasteiger partial charge is 0.508 e. The van der Waals surface area contributed by atoms with Gasteiger partial charge in [-0.25, -0.2) is 0 Å². The Balaban J connectivity index is 2.29. The summed E-state index contributed by atoms with van der Waals surface area (Å²) in [6, 6.07) is 4.87. The van der Waals surface area contributed by atoms with E-state index in [1.54, 1.807) is 6.07 Å². The van der Waals surface area contributed by atoms with Crippen LogP contribution in [0.15, 0.2) is 18.2 Å². The summed E-state index contributed by atoms with van der Waals surface area (Å²) >= 11 is 1.92. The molecule has 2 rings (SSSR count). The van der Waals surface area contributed by atoms with Crippen LogP contribution in [0.5, 0.6) is 11.5 Å². The SMILES string of the molecule is Oc1ccc([C@@H]2CCSC2)c(O)c1. The second-order valence-electron chi connectivity index (χ2n) is 3.30. The van der Waals surface area contributed by atoms with Crippen LogP contribution in [0.4, 0.5) is 0 Å². The summed E-state index contributed by atoms with van der Waals surface area (Å²) in [4.78, 5) is 0. The molecule has 0 aliphatic carbocycles. The van der Waals surface area contributed by atoms with E-state index in [9.17, 15) is 5.11 Å². The van der Waals surface area contributed by atoms with Gasteiger partial charge in [0.25, 0.3) is 0 Å². The third kappa shape index (κ3) is 1.75. The van der Waals surface area contributed by atoms with Crippen molar-refractivity contribution in [3.63, 3.8) is 0 Å². The predicted molar refractivity (Wildman–Crippen MR) is 54.5 cm³/mol. The summed E-state index contributed by atoms with van der Waals surface area (Å²) in [7, 11) is 0. The van der Waals surface area contributed by atoms with E-state index in [2.05, 4.69) is 0 Å². The van der Waals surface area contributed by atoms with Crippen molar-refractivity contribution in [3.05, 3.63) is 23.8 Å². The van der Waals surface area contributed by atoms with E-state index >= 15 is 0 Å². The highest BCUT2D eigenvalue weighted by Crippen LogP contribution is 2.37. The van der Waals surface area contributed by atoms with Gasteiger partial charge in [0, 0.05) is 11.8 Å². The van der Waals surface area contributed by atoms with Gasteiger partial charge in [-0.15, -0.1) is 0 Å². The number of hydrogen-bond donors (Lipinski definition) is 2. The molecule has 1 atom stereocenters. The minimum atomic E-state index is 0.131. The molecule has 3 heteroatoms. The minimum Gasteiger partial charge on any atom is -0.508 e. The molecule has 2 N–H and O–H groups in total. The van der Waals surface area contributed by atoms with Crippen LogP contribution >= 0.6 is 11.8 Å². The third-order valence-corrected chi connectivity index (χ3v) is 3.55. The maximum Gasteiger partial charge on any atom is 0.122 e. The molecular formula is C10H12O2S. The molecule has 0 radical (unpaired) electrons. The number of hydrogen-bond acceptors (Lipinski definition) is 3. The molecular weight excluding hydrogens is 184 g/mol. The average Bonchev–Trinajstić information content (AvgIpc) is 2.56. The van der Waals surface area contributed by atoms with Gasteiger partial charge in [-0.2, -0.15) is 11.8 Å². The highest BCUT2D eigenvalue weighted by molar-refractivity contribution is 7.99. The third-order valence-electron chi connectivity index (χ3n) is 2.38. The highest BCUT2D eigenvalue weighted by atomic mass is 32.2. The standard InChI is InChI=1S/C10H12O2S/c11-8-1-2-9(10(12)5-8)7-3-4-13-6-7/h1-2,5,7,11-12H,3-4,6H2/t7-/m1/s1. The monoisotopic (exact) mass is 196 g/mol. The normalized spacial score (nSPS) is 22.0. The number of phenolic OH excluding ortho intramolecular Hbond substituents is 2. The number of aromatic hydroxyl groups is 2. The fourth-order valence-corrected chi connectivity index (χ4v) is 2.91. The van der Waals surface area contributed by atoms with Crippen LogP contribution in [0, 0.1) is 0 Å². The lowest BCUT2D eigenvalue weighted by Crippen LogP contribution is -1.95. The molecule has 1 aliphatic rings. The van der Waals surface area contributed by atoms with Crippen LogP contribution in [-0.4, -0.2) is 21.7 Å². The van der Waals surface area contributed by atoms with E-state index in [4.69, 9.17) is 5.11 Å². The molecule has 0 spiro atoms. The molecule has 1 aromatic rings. The second kappa shape index (κ2) is 3.50. The maximum atomic E-state index is 9.58. The molecule has 1 aromatic carbocycles. The summed E-state index contributed by atoms with van der Waals surface area (Å²) in [6.07, 6.45) is 1.13. The Labute approximate surface area is 81.6 Å². The van der Waals surface area contributed by atoms with E-state index in [0.717, 1.165) is 17.7 Å². The Morgan fingerprint density at radius 1 is 1.31 bits per heavy atom. The summed E-state index contributed by atoms with van der Waals surface area (Å²) in [6.45, 7) is 0. The second-order valence-corrected chi connectivity index (χ2v) is 4.45. The van der Waals surface area contributed by atoms with Crippen LogP contribution in [-0.2, 0) is 0 Å². The molecule has 1 heterocycles. The number of thioether (sulfide) groups is 1. The molecule has 1 aliphatic heterocycles. The van der Waals surface area contributed by atoms with Crippen molar-refractivity contribution >= 4 is 11.8 Å². The molecule has 0 amide bonds. The van der Waals surface area contributed by atoms with Crippen LogP contribution in [0.2, 0.25) is 0 Å². The molecule has 1 fully saturated rings. The Morgan fingerprint density at radius 2 is 2.15 bits per heavy atom. The maximum absolute atomic E-state index is 9.58. The van der Waals surface area contributed by atoms with Crippen LogP contribution in [0.25, 0.3) is 0 Å². The van der Waals surface area contributed by atoms with Crippen molar-refractivity contribution in [1.29, 1.82) is 0 Å². The van der Waals surface area contributed by atoms with Crippen molar-refractivity contribution in [3.8, 4) is 11.5 Å². The summed E-state index contributed by atoms with van der Waals surface area (Å²) in [5, 5.41) is 18.7. The zero-order valence-corrected chi connectivity index (χ0v) is 8.05. The highest BCUT2D eigenvalue weighted by Gasteiger charge is 2.20. The first-order valence-electron chi connectivity index (χ1n) is 4.37. The molecule has 1 saturated heterocycles. The molecule has 70 valence electrons. The molecule has 0 aromatic heterocycles. The lowest BCUT2D eigenvalue weighted by molar-refractivity contribution is 0.443. The van der Waals surface area contributed by atoms with E-state index < -0.39 is 0 Å². The fourth-order valence-electron chi connectivity index (χ4n) is 1.66. The van der Waals surface area contributed by atoms with Gasteiger partial charge in [0.1, 0.15) is 11.5 Å². The Morgan fingerprint density at radius 3 is 2.77 bits per heavy atom. The molecule has 2 nitrogen and oxygen atoms in total. The summed E-state index contributed by atoms with van der Waals surface area (Å²) in [5.41, 5.74) is 0.975. The van der Waals surface area contributed by atoms with Gasteiger partial charge in [-0.05, 0) is 29.7 Å². The van der Waals surface area contributed by atoms with Gasteiger partial charge in [0.15, 0.2) is 0 Å². The number of rotatable bonds is 1. The van der Waals surface area contributed by atoms with Gasteiger partial charge >= 0.3 is 0 Å². The Kier molecular flexibility index (Phi) is 2.36. The van der Waals surface area contributed by atoms with Crippen molar-refractivity contribution in [2.45, 2.75) is 12.3 Å². The van der Waals surface area contributed by atoms with E-state index in [-0.39, 0.29) is 11.5 Å². The minimum absolute atomic E-state index is 0.131. The van der Waals surface area contributed by atoms with Crippen molar-refractivity contribution in [1.82, 2.24) is 0 Å². The molecule has 0 bridgehead atoms. The lowest BCUT2D eigenvalue weighted by Gasteiger charge is -2.10. The fraction of sp³-hybridized carbons (Fsp3) is 0.400.